The van der Waals surface area contributed by atoms with Crippen LogP contribution < -0.4 is 10.6 Å². The van der Waals surface area contributed by atoms with Gasteiger partial charge < -0.3 is 25.2 Å². The van der Waals surface area contributed by atoms with Crippen molar-refractivity contribution in [2.75, 3.05) is 32.7 Å². The molecular formula is C25H41N5O2. The van der Waals surface area contributed by atoms with E-state index in [4.69, 9.17) is 9.73 Å². The maximum Gasteiger partial charge on any atom is 0.254 e. The van der Waals surface area contributed by atoms with Crippen LogP contribution in [0.1, 0.15) is 63.4 Å². The zero-order valence-corrected chi connectivity index (χ0v) is 20.4. The van der Waals surface area contributed by atoms with Gasteiger partial charge in [0.25, 0.3) is 5.91 Å². The van der Waals surface area contributed by atoms with E-state index >= 15 is 0 Å². The molecule has 2 aliphatic heterocycles. The molecule has 0 bridgehead atoms. The van der Waals surface area contributed by atoms with E-state index in [0.717, 1.165) is 49.6 Å². The number of hydrogen-bond acceptors (Lipinski definition) is 4. The van der Waals surface area contributed by atoms with E-state index in [1.165, 1.54) is 0 Å². The maximum atomic E-state index is 12.9. The molecule has 2 unspecified atom stereocenters. The molecule has 2 saturated heterocycles. The number of nitrogens with zero attached hydrogens (tertiary/aromatic N) is 3. The molecule has 2 fully saturated rings. The molecule has 2 heterocycles. The van der Waals surface area contributed by atoms with Crippen LogP contribution in [0.15, 0.2) is 29.3 Å². The van der Waals surface area contributed by atoms with Crippen LogP contribution in [0.2, 0.25) is 0 Å². The molecule has 2 N–H and O–H groups in total. The van der Waals surface area contributed by atoms with Crippen LogP contribution in [-0.4, -0.2) is 78.7 Å². The Morgan fingerprint density at radius 2 is 1.75 bits per heavy atom. The number of rotatable bonds is 6. The van der Waals surface area contributed by atoms with E-state index in [1.807, 2.05) is 43.0 Å². The minimum atomic E-state index is 0.0739. The lowest BCUT2D eigenvalue weighted by Gasteiger charge is -2.35. The van der Waals surface area contributed by atoms with Crippen molar-refractivity contribution in [2.45, 2.75) is 78.3 Å². The van der Waals surface area contributed by atoms with Gasteiger partial charge in [-0.15, -0.1) is 0 Å². The number of carbonyl (C=O) groups excluding carboxylic acids is 1. The fourth-order valence-electron chi connectivity index (χ4n) is 4.52. The molecule has 7 nitrogen and oxygen atoms in total. The third-order valence-corrected chi connectivity index (χ3v) is 6.27. The quantitative estimate of drug-likeness (QED) is 0.523. The first-order valence-electron chi connectivity index (χ1n) is 12.2. The van der Waals surface area contributed by atoms with Gasteiger partial charge in [0.2, 0.25) is 0 Å². The first kappa shape index (κ1) is 24.5. The summed E-state index contributed by atoms with van der Waals surface area (Å²) in [6.07, 6.45) is 2.42. The van der Waals surface area contributed by atoms with Gasteiger partial charge in [0.1, 0.15) is 0 Å². The summed E-state index contributed by atoms with van der Waals surface area (Å²) in [5.74, 6) is 0.941. The maximum absolute atomic E-state index is 12.9. The molecule has 3 rings (SSSR count). The van der Waals surface area contributed by atoms with E-state index in [1.54, 1.807) is 0 Å². The van der Waals surface area contributed by atoms with Crippen molar-refractivity contribution in [1.29, 1.82) is 0 Å². The number of nitrogens with one attached hydrogen (secondary N) is 2. The monoisotopic (exact) mass is 443 g/mol. The smallest absolute Gasteiger partial charge is 0.254 e. The fraction of sp³-hybridized carbons (Fsp3) is 0.680. The Kier molecular flexibility index (Phi) is 8.93. The first-order chi connectivity index (χ1) is 15.4. The van der Waals surface area contributed by atoms with Crippen LogP contribution in [0.3, 0.4) is 0 Å². The molecule has 32 heavy (non-hydrogen) atoms. The lowest BCUT2D eigenvalue weighted by molar-refractivity contribution is -0.0586. The molecular weight excluding hydrogens is 402 g/mol. The molecule has 2 atom stereocenters. The van der Waals surface area contributed by atoms with Crippen LogP contribution in [0, 0.1) is 0 Å². The van der Waals surface area contributed by atoms with E-state index in [9.17, 15) is 4.79 Å². The van der Waals surface area contributed by atoms with Gasteiger partial charge in [-0.3, -0.25) is 4.79 Å². The van der Waals surface area contributed by atoms with Crippen molar-refractivity contribution in [1.82, 2.24) is 20.4 Å². The summed E-state index contributed by atoms with van der Waals surface area (Å²) in [4.78, 5) is 22.1. The number of morpholine rings is 1. The van der Waals surface area contributed by atoms with Gasteiger partial charge in [-0.2, -0.15) is 0 Å². The Bertz CT molecular complexity index is 746. The summed E-state index contributed by atoms with van der Waals surface area (Å²) in [5.41, 5.74) is 1.82. The molecule has 2 aliphatic rings. The molecule has 0 aromatic heterocycles. The second-order valence-electron chi connectivity index (χ2n) is 9.41. The average molecular weight is 444 g/mol. The molecule has 0 saturated carbocycles. The lowest BCUT2D eigenvalue weighted by atomic mass is 10.0. The van der Waals surface area contributed by atoms with Crippen LogP contribution >= 0.6 is 0 Å². The molecule has 1 aromatic carbocycles. The normalized spacial score (nSPS) is 23.4. The van der Waals surface area contributed by atoms with Gasteiger partial charge in [-0.25, -0.2) is 4.99 Å². The van der Waals surface area contributed by atoms with E-state index in [0.29, 0.717) is 31.7 Å². The minimum absolute atomic E-state index is 0.0739. The second-order valence-corrected chi connectivity index (χ2v) is 9.41. The predicted molar refractivity (Wildman–Crippen MR) is 130 cm³/mol. The van der Waals surface area contributed by atoms with Gasteiger partial charge >= 0.3 is 0 Å². The van der Waals surface area contributed by atoms with Crippen LogP contribution in [0.4, 0.5) is 0 Å². The van der Waals surface area contributed by atoms with Crippen LogP contribution in [-0.2, 0) is 11.3 Å². The van der Waals surface area contributed by atoms with E-state index < -0.39 is 0 Å². The second kappa shape index (κ2) is 11.7. The number of guanidine groups is 1. The highest BCUT2D eigenvalue weighted by Gasteiger charge is 2.26. The summed E-state index contributed by atoms with van der Waals surface area (Å²) in [6.45, 7) is 15.6. The van der Waals surface area contributed by atoms with Gasteiger partial charge in [0.15, 0.2) is 5.96 Å². The average Bonchev–Trinajstić information content (AvgIpc) is 2.77. The van der Waals surface area contributed by atoms with E-state index in [2.05, 4.69) is 36.3 Å². The third-order valence-electron chi connectivity index (χ3n) is 6.27. The third kappa shape index (κ3) is 6.94. The Hall–Kier alpha value is -2.12. The molecule has 1 amide bonds. The summed E-state index contributed by atoms with van der Waals surface area (Å²) < 4.78 is 5.74. The van der Waals surface area contributed by atoms with Crippen molar-refractivity contribution in [3.8, 4) is 0 Å². The number of piperidine rings is 1. The number of ether oxygens (including phenoxy) is 1. The zero-order chi connectivity index (χ0) is 23.1. The number of carbonyl (C=O) groups is 1. The Labute approximate surface area is 193 Å². The molecule has 0 spiro atoms. The van der Waals surface area contributed by atoms with Crippen molar-refractivity contribution in [2.24, 2.45) is 4.99 Å². The highest BCUT2D eigenvalue weighted by atomic mass is 16.5. The molecule has 0 radical (unpaired) electrons. The predicted octanol–water partition coefficient (Wildman–Crippen LogP) is 2.86. The number of amides is 1. The largest absolute Gasteiger partial charge is 0.372 e. The number of likely N-dealkylation sites (tertiary alicyclic amines) is 1. The topological polar surface area (TPSA) is 69.2 Å². The van der Waals surface area contributed by atoms with Crippen molar-refractivity contribution in [3.63, 3.8) is 0 Å². The van der Waals surface area contributed by atoms with Gasteiger partial charge in [0, 0.05) is 50.4 Å². The first-order valence-corrected chi connectivity index (χ1v) is 12.2. The molecule has 0 aliphatic carbocycles. The van der Waals surface area contributed by atoms with Gasteiger partial charge in [-0.05, 0) is 65.2 Å². The molecule has 178 valence electrons. The number of hydrogen-bond donors (Lipinski definition) is 2. The van der Waals surface area contributed by atoms with Crippen LogP contribution in [0.5, 0.6) is 0 Å². The summed E-state index contributed by atoms with van der Waals surface area (Å²) in [7, 11) is 0. The Morgan fingerprint density at radius 3 is 2.31 bits per heavy atom. The van der Waals surface area contributed by atoms with Gasteiger partial charge in [-0.1, -0.05) is 12.1 Å². The lowest BCUT2D eigenvalue weighted by Crippen LogP contribution is -2.49. The Morgan fingerprint density at radius 1 is 1.12 bits per heavy atom. The van der Waals surface area contributed by atoms with Crippen molar-refractivity contribution >= 4 is 11.9 Å². The van der Waals surface area contributed by atoms with Crippen LogP contribution in [0.25, 0.3) is 0 Å². The molecule has 7 heteroatoms. The number of aliphatic imine (C=N–C) groups is 1. The van der Waals surface area contributed by atoms with Gasteiger partial charge in [0.05, 0.1) is 18.8 Å². The fourth-order valence-corrected chi connectivity index (χ4v) is 4.52. The number of benzene rings is 1. The van der Waals surface area contributed by atoms with E-state index in [-0.39, 0.29) is 18.1 Å². The summed E-state index contributed by atoms with van der Waals surface area (Å²) >= 11 is 0. The van der Waals surface area contributed by atoms with Crippen molar-refractivity contribution in [3.05, 3.63) is 35.4 Å². The standard InChI is InChI=1S/C25H41N5O2/c1-6-26-25(28-23-11-13-29(14-12-23)18(2)3)27-15-21-7-9-22(10-8-21)24(31)30-16-19(4)32-20(5)17-30/h7-10,18-20,23H,6,11-17H2,1-5H3,(H2,26,27,28). The SMILES string of the molecule is CCNC(=NCc1ccc(C(=O)N2CC(C)OC(C)C2)cc1)NC1CCN(C(C)C)CC1. The summed E-state index contributed by atoms with van der Waals surface area (Å²) in [6, 6.07) is 8.92. The zero-order valence-electron chi connectivity index (χ0n) is 20.4. The molecule has 1 aromatic rings. The summed E-state index contributed by atoms with van der Waals surface area (Å²) in [5, 5.41) is 6.97. The minimum Gasteiger partial charge on any atom is -0.372 e. The highest BCUT2D eigenvalue weighted by molar-refractivity contribution is 5.94. The van der Waals surface area contributed by atoms with Crippen molar-refractivity contribution < 1.29 is 9.53 Å². The Balaban J connectivity index is 1.55. The highest BCUT2D eigenvalue weighted by Crippen LogP contribution is 2.16.